The molecule has 2 aliphatic rings. The van der Waals surface area contributed by atoms with Crippen molar-refractivity contribution in [2.75, 3.05) is 25.7 Å². The van der Waals surface area contributed by atoms with E-state index in [0.29, 0.717) is 35.9 Å². The van der Waals surface area contributed by atoms with Crippen LogP contribution in [0.3, 0.4) is 0 Å². The van der Waals surface area contributed by atoms with Gasteiger partial charge in [0.15, 0.2) is 11.4 Å². The average Bonchev–Trinajstić information content (AvgIpc) is 3.91. The molecule has 0 saturated carbocycles. The van der Waals surface area contributed by atoms with Crippen molar-refractivity contribution >= 4 is 36.5 Å². The van der Waals surface area contributed by atoms with Crippen LogP contribution in [0.5, 0.6) is 11.5 Å². The second kappa shape index (κ2) is 16.3. The number of halogens is 1. The van der Waals surface area contributed by atoms with Gasteiger partial charge in [0.25, 0.3) is 11.5 Å². The molecule has 59 heavy (non-hydrogen) atoms. The topological polar surface area (TPSA) is 121 Å². The van der Waals surface area contributed by atoms with Crippen molar-refractivity contribution in [2.45, 2.75) is 62.7 Å². The Bertz CT molecular complexity index is 2510. The summed E-state index contributed by atoms with van der Waals surface area (Å²) in [5, 5.41) is 21.0. The fourth-order valence-electron chi connectivity index (χ4n) is 9.39. The second-order valence-electron chi connectivity index (χ2n) is 16.0. The van der Waals surface area contributed by atoms with Gasteiger partial charge in [-0.2, -0.15) is 0 Å². The highest BCUT2D eigenvalue weighted by Gasteiger charge is 2.66. The first-order valence-corrected chi connectivity index (χ1v) is 23.3. The van der Waals surface area contributed by atoms with Crippen LogP contribution in [0.2, 0.25) is 23.7 Å². The Morgan fingerprint density at radius 3 is 2.37 bits per heavy atom. The maximum absolute atomic E-state index is 15.3. The molecule has 11 nitrogen and oxygen atoms in total. The maximum atomic E-state index is 15.3. The molecule has 304 valence electrons. The quantitative estimate of drug-likeness (QED) is 0.123. The highest BCUT2D eigenvalue weighted by molar-refractivity contribution is 6.91. The number of aryl methyl sites for hydroxylation is 1. The Morgan fingerprint density at radius 2 is 1.68 bits per heavy atom. The Morgan fingerprint density at radius 1 is 0.932 bits per heavy atom. The molecule has 1 amide bonds. The number of carbonyl (C=O) groups excluding carboxylic acids is 1. The summed E-state index contributed by atoms with van der Waals surface area (Å²) in [7, 11) is 0.729. The number of aromatic nitrogens is 4. The molecule has 1 spiro atoms. The minimum atomic E-state index is -2.41. The number of fused-ring (bicyclic) bond motifs is 2. The lowest BCUT2D eigenvalue weighted by atomic mass is 9.82. The monoisotopic (exact) mass is 829 g/mol. The molecule has 0 bridgehead atoms. The molecule has 4 heterocycles. The molecule has 13 heteroatoms. The molecule has 1 saturated heterocycles. The third-order valence-corrected chi connectivity index (χ3v) is 17.0. The molecule has 6 aromatic rings. The zero-order valence-corrected chi connectivity index (χ0v) is 35.5. The predicted molar refractivity (Wildman–Crippen MR) is 231 cm³/mol. The van der Waals surface area contributed by atoms with E-state index in [1.165, 1.54) is 16.9 Å². The van der Waals surface area contributed by atoms with E-state index in [2.05, 4.69) is 42.5 Å². The number of ether oxygens (including phenoxy) is 3. The van der Waals surface area contributed by atoms with Crippen molar-refractivity contribution in [1.82, 2.24) is 19.6 Å². The molecule has 4 aromatic carbocycles. The standard InChI is InChI=1S/C46H48ClN5O6Si/c1-30-43(59(4,5)36-20-18-35(56-2)19-21-36)41(23-25-50-28-39(48-49-50)37(29-53)32-10-7-6-8-11-32)58-46(30)38-26-33(47)15-22-40(38)52(45(46)55)27-31-13-16-34(17-14-31)51-24-9-12-42(57-3)44(51)54/h6-22,24,26,28,30,37,41,43,53H,23,25,27,29H2,1-5H3/t30-,37?,41+,43-,46+/m0/s1. The number of anilines is 1. The summed E-state index contributed by atoms with van der Waals surface area (Å²) < 4.78 is 21.4. The number of hydrogen-bond donors (Lipinski definition) is 1. The van der Waals surface area contributed by atoms with E-state index in [1.807, 2.05) is 101 Å². The van der Waals surface area contributed by atoms with Crippen LogP contribution in [0.1, 0.15) is 41.6 Å². The van der Waals surface area contributed by atoms with Crippen LogP contribution in [-0.2, 0) is 28.2 Å². The summed E-state index contributed by atoms with van der Waals surface area (Å²) in [5.41, 5.74) is 3.22. The van der Waals surface area contributed by atoms with E-state index in [4.69, 9.17) is 25.8 Å². The maximum Gasteiger partial charge on any atom is 0.297 e. The van der Waals surface area contributed by atoms with Gasteiger partial charge < -0.3 is 24.2 Å². The summed E-state index contributed by atoms with van der Waals surface area (Å²) in [5.74, 6) is 0.393. The molecular formula is C46H48ClN5O6Si. The fourth-order valence-corrected chi connectivity index (χ4v) is 13.6. The van der Waals surface area contributed by atoms with E-state index in [1.54, 1.807) is 25.4 Å². The number of carbonyl (C=O) groups is 1. The van der Waals surface area contributed by atoms with Crippen LogP contribution < -0.4 is 25.1 Å². The summed E-state index contributed by atoms with van der Waals surface area (Å²) >= 11 is 6.75. The molecule has 0 radical (unpaired) electrons. The molecule has 8 rings (SSSR count). The summed E-state index contributed by atoms with van der Waals surface area (Å²) in [4.78, 5) is 30.1. The average molecular weight is 830 g/mol. The van der Waals surface area contributed by atoms with E-state index >= 15 is 4.79 Å². The first-order chi connectivity index (χ1) is 28.5. The first kappa shape index (κ1) is 40.3. The Balaban J connectivity index is 1.13. The number of methoxy groups -OCH3 is 2. The highest BCUT2D eigenvalue weighted by Crippen LogP contribution is 2.60. The van der Waals surface area contributed by atoms with Gasteiger partial charge in [-0.1, -0.05) is 96.6 Å². The van der Waals surface area contributed by atoms with Crippen molar-refractivity contribution in [1.29, 1.82) is 0 Å². The first-order valence-electron chi connectivity index (χ1n) is 19.8. The number of pyridine rings is 1. The summed E-state index contributed by atoms with van der Waals surface area (Å²) in [6, 6.07) is 34.8. The van der Waals surface area contributed by atoms with Gasteiger partial charge in [0, 0.05) is 41.1 Å². The van der Waals surface area contributed by atoms with Gasteiger partial charge in [-0.25, -0.2) is 0 Å². The minimum Gasteiger partial charge on any atom is -0.497 e. The van der Waals surface area contributed by atoms with Gasteiger partial charge in [0.2, 0.25) is 0 Å². The van der Waals surface area contributed by atoms with Gasteiger partial charge in [-0.3, -0.25) is 18.8 Å². The Hall–Kier alpha value is -5.53. The van der Waals surface area contributed by atoms with Crippen LogP contribution in [-0.4, -0.2) is 65.6 Å². The Kier molecular flexibility index (Phi) is 11.1. The Labute approximate surface area is 349 Å². The van der Waals surface area contributed by atoms with Gasteiger partial charge >= 0.3 is 0 Å². The number of amides is 1. The van der Waals surface area contributed by atoms with Gasteiger partial charge in [-0.15, -0.1) is 5.10 Å². The lowest BCUT2D eigenvalue weighted by Crippen LogP contribution is -2.51. The van der Waals surface area contributed by atoms with Crippen molar-refractivity contribution in [2.24, 2.45) is 5.92 Å². The third kappa shape index (κ3) is 7.18. The minimum absolute atomic E-state index is 0.00425. The van der Waals surface area contributed by atoms with E-state index < -0.39 is 13.7 Å². The molecule has 1 N–H and O–H groups in total. The van der Waals surface area contributed by atoms with Crippen LogP contribution in [0.15, 0.2) is 126 Å². The third-order valence-electron chi connectivity index (χ3n) is 12.4. The van der Waals surface area contributed by atoms with Crippen LogP contribution in [0.25, 0.3) is 5.69 Å². The number of rotatable bonds is 13. The van der Waals surface area contributed by atoms with Gasteiger partial charge in [-0.05, 0) is 77.7 Å². The van der Waals surface area contributed by atoms with Crippen LogP contribution in [0.4, 0.5) is 5.69 Å². The number of aliphatic hydroxyl groups is 1. The lowest BCUT2D eigenvalue weighted by Gasteiger charge is -2.37. The smallest absolute Gasteiger partial charge is 0.297 e. The molecule has 1 unspecified atom stereocenters. The SMILES string of the molecule is COc1ccc([Si](C)(C)[C@@H]2[C@@H](CCn3cc(C(CO)c4ccccc4)nn3)O[C@]3(C(=O)N(Cc4ccc(-n5cccc(OC)c5=O)cc4)c4ccc(Cl)cc43)[C@H]2C)cc1. The fraction of sp³-hybridized carbons (Fsp3) is 0.304. The van der Waals surface area contributed by atoms with Crippen LogP contribution >= 0.6 is 11.6 Å². The molecule has 2 aliphatic heterocycles. The lowest BCUT2D eigenvalue weighted by molar-refractivity contribution is -0.146. The number of nitrogens with zero attached hydrogens (tertiary/aromatic N) is 5. The normalized spacial score (nSPS) is 20.6. The zero-order chi connectivity index (χ0) is 41.5. The van der Waals surface area contributed by atoms with E-state index in [-0.39, 0.29) is 47.3 Å². The number of aliphatic hydroxyl groups excluding tert-OH is 1. The van der Waals surface area contributed by atoms with Crippen molar-refractivity contribution < 1.29 is 24.1 Å². The second-order valence-corrected chi connectivity index (χ2v) is 21.1. The summed E-state index contributed by atoms with van der Waals surface area (Å²) in [6.45, 7) is 7.58. The predicted octanol–water partition coefficient (Wildman–Crippen LogP) is 7.08. The number of hydrogen-bond acceptors (Lipinski definition) is 8. The molecule has 5 atom stereocenters. The zero-order valence-electron chi connectivity index (χ0n) is 33.8. The highest BCUT2D eigenvalue weighted by atomic mass is 35.5. The van der Waals surface area contributed by atoms with Gasteiger partial charge in [0.05, 0.1) is 58.8 Å². The summed E-state index contributed by atoms with van der Waals surface area (Å²) in [6.07, 6.45) is 3.86. The van der Waals surface area contributed by atoms with E-state index in [9.17, 15) is 9.90 Å². The number of benzene rings is 4. The molecule has 2 aromatic heterocycles. The van der Waals surface area contributed by atoms with Crippen molar-refractivity contribution in [3.63, 3.8) is 0 Å². The molecule has 0 aliphatic carbocycles. The molecular weight excluding hydrogens is 782 g/mol. The molecule has 1 fully saturated rings. The van der Waals surface area contributed by atoms with Crippen molar-refractivity contribution in [3.05, 3.63) is 159 Å². The largest absolute Gasteiger partial charge is 0.497 e. The van der Waals surface area contributed by atoms with E-state index in [0.717, 1.165) is 28.1 Å². The van der Waals surface area contributed by atoms with Crippen molar-refractivity contribution in [3.8, 4) is 17.2 Å². The van der Waals surface area contributed by atoms with Crippen LogP contribution in [0, 0.1) is 5.92 Å². The van der Waals surface area contributed by atoms with Gasteiger partial charge in [0.1, 0.15) is 5.75 Å².